The van der Waals surface area contributed by atoms with Crippen molar-refractivity contribution in [3.63, 3.8) is 0 Å². The second-order valence-corrected chi connectivity index (χ2v) is 5.59. The molecule has 4 heteroatoms. The first-order valence-electron chi connectivity index (χ1n) is 5.34. The Balaban J connectivity index is 3.22. The molecule has 94 valence electrons. The van der Waals surface area contributed by atoms with Gasteiger partial charge in [0.1, 0.15) is 5.75 Å². The lowest BCUT2D eigenvalue weighted by Gasteiger charge is -2.24. The summed E-state index contributed by atoms with van der Waals surface area (Å²) >= 11 is 3.47. The molecule has 0 saturated carbocycles. The van der Waals surface area contributed by atoms with Gasteiger partial charge in [0.2, 0.25) is 0 Å². The van der Waals surface area contributed by atoms with Crippen molar-refractivity contribution < 1.29 is 14.6 Å². The molecule has 0 radical (unpaired) electrons. The molecular formula is C13H17BrO3. The summed E-state index contributed by atoms with van der Waals surface area (Å²) in [5, 5.41) is 8.92. The van der Waals surface area contributed by atoms with Gasteiger partial charge in [-0.05, 0) is 24.6 Å². The Morgan fingerprint density at radius 1 is 1.47 bits per heavy atom. The third-order valence-electron chi connectivity index (χ3n) is 2.89. The Morgan fingerprint density at radius 2 is 2.06 bits per heavy atom. The van der Waals surface area contributed by atoms with Crippen molar-refractivity contribution in [1.82, 2.24) is 0 Å². The van der Waals surface area contributed by atoms with Gasteiger partial charge < -0.3 is 9.84 Å². The van der Waals surface area contributed by atoms with E-state index in [-0.39, 0.29) is 6.42 Å². The largest absolute Gasteiger partial charge is 0.496 e. The topological polar surface area (TPSA) is 46.5 Å². The predicted molar refractivity (Wildman–Crippen MR) is 70.7 cm³/mol. The number of carboxylic acids is 1. The third-order valence-corrected chi connectivity index (χ3v) is 3.71. The molecule has 1 N–H and O–H groups in total. The number of benzene rings is 1. The Hall–Kier alpha value is -1.03. The summed E-state index contributed by atoms with van der Waals surface area (Å²) in [7, 11) is 1.61. The van der Waals surface area contributed by atoms with E-state index in [4.69, 9.17) is 9.84 Å². The molecule has 0 spiro atoms. The van der Waals surface area contributed by atoms with E-state index >= 15 is 0 Å². The fraction of sp³-hybridized carbons (Fsp3) is 0.462. The summed E-state index contributed by atoms with van der Waals surface area (Å²) in [6.45, 7) is 5.78. The zero-order valence-electron chi connectivity index (χ0n) is 10.5. The van der Waals surface area contributed by atoms with Crippen molar-refractivity contribution in [3.05, 3.63) is 27.7 Å². The van der Waals surface area contributed by atoms with Crippen molar-refractivity contribution in [2.24, 2.45) is 0 Å². The van der Waals surface area contributed by atoms with Crippen molar-refractivity contribution in [1.29, 1.82) is 0 Å². The lowest BCUT2D eigenvalue weighted by atomic mass is 9.81. The normalized spacial score (nSPS) is 11.4. The molecular weight excluding hydrogens is 284 g/mol. The first-order chi connectivity index (χ1) is 7.77. The van der Waals surface area contributed by atoms with Gasteiger partial charge in [-0.1, -0.05) is 29.8 Å². The molecule has 0 fully saturated rings. The maximum atomic E-state index is 10.9. The summed E-state index contributed by atoms with van der Waals surface area (Å²) in [6, 6.07) is 3.86. The molecule has 0 atom stereocenters. The standard InChI is InChI=1S/C13H17BrO3/c1-8-10(14)5-9(6-11(8)17-4)13(2,3)7-12(15)16/h5-6H,7H2,1-4H3,(H,15,16). The molecule has 0 amide bonds. The lowest BCUT2D eigenvalue weighted by Crippen LogP contribution is -2.21. The summed E-state index contributed by atoms with van der Waals surface area (Å²) in [5.74, 6) is -0.0292. The van der Waals surface area contributed by atoms with E-state index in [0.717, 1.165) is 21.3 Å². The Kier molecular flexibility index (Phi) is 4.20. The van der Waals surface area contributed by atoms with Crippen LogP contribution in [0.5, 0.6) is 5.75 Å². The highest BCUT2D eigenvalue weighted by Gasteiger charge is 2.25. The molecule has 3 nitrogen and oxygen atoms in total. The highest BCUT2D eigenvalue weighted by molar-refractivity contribution is 9.10. The maximum absolute atomic E-state index is 10.9. The zero-order chi connectivity index (χ0) is 13.2. The van der Waals surface area contributed by atoms with Crippen molar-refractivity contribution in [2.45, 2.75) is 32.6 Å². The van der Waals surface area contributed by atoms with Crippen LogP contribution in [0.15, 0.2) is 16.6 Å². The number of halogens is 1. The van der Waals surface area contributed by atoms with E-state index in [9.17, 15) is 4.79 Å². The van der Waals surface area contributed by atoms with Crippen LogP contribution in [0.4, 0.5) is 0 Å². The molecule has 0 bridgehead atoms. The van der Waals surface area contributed by atoms with Gasteiger partial charge in [0.15, 0.2) is 0 Å². The number of hydrogen-bond donors (Lipinski definition) is 1. The van der Waals surface area contributed by atoms with Gasteiger partial charge in [0.05, 0.1) is 13.5 Å². The monoisotopic (exact) mass is 300 g/mol. The maximum Gasteiger partial charge on any atom is 0.304 e. The Labute approximate surface area is 110 Å². The second-order valence-electron chi connectivity index (χ2n) is 4.74. The molecule has 0 saturated heterocycles. The highest BCUT2D eigenvalue weighted by Crippen LogP contribution is 2.35. The minimum Gasteiger partial charge on any atom is -0.496 e. The van der Waals surface area contributed by atoms with Crippen LogP contribution >= 0.6 is 15.9 Å². The van der Waals surface area contributed by atoms with Crippen molar-refractivity contribution in [3.8, 4) is 5.75 Å². The molecule has 0 unspecified atom stereocenters. The number of methoxy groups -OCH3 is 1. The lowest BCUT2D eigenvalue weighted by molar-refractivity contribution is -0.138. The van der Waals surface area contributed by atoms with Gasteiger partial charge in [0.25, 0.3) is 0 Å². The molecule has 17 heavy (non-hydrogen) atoms. The fourth-order valence-corrected chi connectivity index (χ4v) is 2.18. The van der Waals surface area contributed by atoms with Gasteiger partial charge >= 0.3 is 5.97 Å². The number of rotatable bonds is 4. The SMILES string of the molecule is COc1cc(C(C)(C)CC(=O)O)cc(Br)c1C. The average Bonchev–Trinajstić information content (AvgIpc) is 2.19. The van der Waals surface area contributed by atoms with Gasteiger partial charge in [-0.3, -0.25) is 4.79 Å². The molecule has 0 aliphatic carbocycles. The smallest absolute Gasteiger partial charge is 0.304 e. The molecule has 0 aromatic heterocycles. The minimum atomic E-state index is -0.800. The van der Waals surface area contributed by atoms with Crippen molar-refractivity contribution in [2.75, 3.05) is 7.11 Å². The van der Waals surface area contributed by atoms with Crippen LogP contribution in [0, 0.1) is 6.92 Å². The molecule has 0 aliphatic heterocycles. The van der Waals surface area contributed by atoms with Crippen LogP contribution in [0.2, 0.25) is 0 Å². The quantitative estimate of drug-likeness (QED) is 0.925. The Bertz CT molecular complexity index is 439. The molecule has 0 aliphatic rings. The van der Waals surface area contributed by atoms with E-state index in [1.807, 2.05) is 32.9 Å². The van der Waals surface area contributed by atoms with E-state index < -0.39 is 11.4 Å². The first-order valence-corrected chi connectivity index (χ1v) is 6.13. The number of ether oxygens (including phenoxy) is 1. The van der Waals surface area contributed by atoms with Crippen LogP contribution in [0.3, 0.4) is 0 Å². The van der Waals surface area contributed by atoms with E-state index in [2.05, 4.69) is 15.9 Å². The summed E-state index contributed by atoms with van der Waals surface area (Å²) in [5.41, 5.74) is 1.55. The number of hydrogen-bond acceptors (Lipinski definition) is 2. The molecule has 1 rings (SSSR count). The second kappa shape index (κ2) is 5.08. The van der Waals surface area contributed by atoms with Crippen molar-refractivity contribution >= 4 is 21.9 Å². The summed E-state index contributed by atoms with van der Waals surface area (Å²) in [6.07, 6.45) is 0.0889. The Morgan fingerprint density at radius 3 is 2.53 bits per heavy atom. The van der Waals surface area contributed by atoms with Gasteiger partial charge in [-0.25, -0.2) is 0 Å². The molecule has 1 aromatic rings. The van der Waals surface area contributed by atoms with E-state index in [1.165, 1.54) is 0 Å². The number of carbonyl (C=O) groups is 1. The average molecular weight is 301 g/mol. The number of aliphatic carboxylic acids is 1. The van der Waals surface area contributed by atoms with E-state index in [0.29, 0.717) is 0 Å². The number of carboxylic acid groups (broad SMARTS) is 1. The fourth-order valence-electron chi connectivity index (χ4n) is 1.74. The van der Waals surface area contributed by atoms with Gasteiger partial charge in [0, 0.05) is 15.5 Å². The third kappa shape index (κ3) is 3.22. The summed E-state index contributed by atoms with van der Waals surface area (Å²) < 4.78 is 6.22. The van der Waals surface area contributed by atoms with Crippen LogP contribution < -0.4 is 4.74 Å². The van der Waals surface area contributed by atoms with Gasteiger partial charge in [-0.2, -0.15) is 0 Å². The van der Waals surface area contributed by atoms with Crippen LogP contribution in [-0.4, -0.2) is 18.2 Å². The summed E-state index contributed by atoms with van der Waals surface area (Å²) in [4.78, 5) is 10.9. The zero-order valence-corrected chi connectivity index (χ0v) is 12.1. The van der Waals surface area contributed by atoms with Crippen LogP contribution in [-0.2, 0) is 10.2 Å². The molecule has 1 aromatic carbocycles. The van der Waals surface area contributed by atoms with Crippen LogP contribution in [0.1, 0.15) is 31.4 Å². The predicted octanol–water partition coefficient (Wildman–Crippen LogP) is 3.52. The minimum absolute atomic E-state index is 0.0889. The van der Waals surface area contributed by atoms with E-state index in [1.54, 1.807) is 7.11 Å². The molecule has 0 heterocycles. The van der Waals surface area contributed by atoms with Gasteiger partial charge in [-0.15, -0.1) is 0 Å². The first kappa shape index (κ1) is 14.0. The van der Waals surface area contributed by atoms with Crippen LogP contribution in [0.25, 0.3) is 0 Å². The highest BCUT2D eigenvalue weighted by atomic mass is 79.9.